The summed E-state index contributed by atoms with van der Waals surface area (Å²) in [5.41, 5.74) is 1.11. The smallest absolute Gasteiger partial charge is 0.191 e. The monoisotopic (exact) mass is 516 g/mol. The van der Waals surface area contributed by atoms with Gasteiger partial charge in [0.25, 0.3) is 0 Å². The highest BCUT2D eigenvalue weighted by molar-refractivity contribution is 14.0. The van der Waals surface area contributed by atoms with Crippen molar-refractivity contribution >= 4 is 62.7 Å². The van der Waals surface area contributed by atoms with Gasteiger partial charge in [-0.25, -0.2) is 4.98 Å². The lowest BCUT2D eigenvalue weighted by Crippen LogP contribution is -2.40. The van der Waals surface area contributed by atoms with Crippen LogP contribution >= 0.6 is 46.7 Å². The third-order valence-electron chi connectivity index (χ3n) is 4.10. The van der Waals surface area contributed by atoms with Crippen molar-refractivity contribution in [3.8, 4) is 0 Å². The molecule has 27 heavy (non-hydrogen) atoms. The number of thiazole rings is 1. The third kappa shape index (κ3) is 5.87. The highest BCUT2D eigenvalue weighted by Crippen LogP contribution is 2.29. The minimum absolute atomic E-state index is 0. The van der Waals surface area contributed by atoms with Crippen molar-refractivity contribution < 1.29 is 5.11 Å². The standard InChI is InChI=1S/C19H24N4OS2.HI/c1-12-16(25-13(2)23-12)8-9-21-19(20-3)22-11-15(24)18-10-14-6-4-5-7-17(14)26-18;/h4-7,10,15,24H,8-9,11H2,1-3H3,(H2,20,21,22);1H. The summed E-state index contributed by atoms with van der Waals surface area (Å²) < 4.78 is 1.19. The van der Waals surface area contributed by atoms with Gasteiger partial charge in [-0.15, -0.1) is 46.7 Å². The van der Waals surface area contributed by atoms with E-state index in [1.54, 1.807) is 29.7 Å². The minimum Gasteiger partial charge on any atom is -0.386 e. The van der Waals surface area contributed by atoms with Crippen LogP contribution in [0.15, 0.2) is 35.3 Å². The van der Waals surface area contributed by atoms with Gasteiger partial charge in [-0.05, 0) is 31.4 Å². The highest BCUT2D eigenvalue weighted by Gasteiger charge is 2.12. The van der Waals surface area contributed by atoms with Gasteiger partial charge >= 0.3 is 0 Å². The number of thiophene rings is 1. The summed E-state index contributed by atoms with van der Waals surface area (Å²) in [5.74, 6) is 0.698. The lowest BCUT2D eigenvalue weighted by molar-refractivity contribution is 0.184. The number of aliphatic imine (C=N–C) groups is 1. The van der Waals surface area contributed by atoms with Crippen molar-refractivity contribution in [2.45, 2.75) is 26.4 Å². The Morgan fingerprint density at radius 2 is 2.00 bits per heavy atom. The second-order valence-corrected chi connectivity index (χ2v) is 8.48. The SMILES string of the molecule is CN=C(NCCc1sc(C)nc1C)NCC(O)c1cc2ccccc2s1.I. The normalized spacial score (nSPS) is 12.7. The number of halogens is 1. The molecular formula is C19H25IN4OS2. The quantitative estimate of drug-likeness (QED) is 0.263. The Morgan fingerprint density at radius 1 is 1.22 bits per heavy atom. The summed E-state index contributed by atoms with van der Waals surface area (Å²) in [7, 11) is 1.74. The van der Waals surface area contributed by atoms with Gasteiger partial charge < -0.3 is 15.7 Å². The van der Waals surface area contributed by atoms with Gasteiger partial charge in [-0.1, -0.05) is 18.2 Å². The van der Waals surface area contributed by atoms with E-state index in [-0.39, 0.29) is 24.0 Å². The number of aliphatic hydroxyl groups excluding tert-OH is 1. The predicted molar refractivity (Wildman–Crippen MR) is 127 cm³/mol. The number of aryl methyl sites for hydroxylation is 2. The minimum atomic E-state index is -0.558. The zero-order valence-electron chi connectivity index (χ0n) is 15.7. The number of hydrogen-bond donors (Lipinski definition) is 3. The Hall–Kier alpha value is -1.23. The van der Waals surface area contributed by atoms with Crippen molar-refractivity contribution in [1.29, 1.82) is 0 Å². The van der Waals surface area contributed by atoms with Crippen molar-refractivity contribution in [2.75, 3.05) is 20.1 Å². The van der Waals surface area contributed by atoms with Crippen LogP contribution in [0.4, 0.5) is 0 Å². The zero-order valence-corrected chi connectivity index (χ0v) is 19.6. The summed E-state index contributed by atoms with van der Waals surface area (Å²) in [4.78, 5) is 10.9. The Balaban J connectivity index is 0.00000261. The molecule has 2 heterocycles. The fourth-order valence-electron chi connectivity index (χ4n) is 2.78. The molecule has 0 saturated heterocycles. The average molecular weight is 516 g/mol. The number of benzene rings is 1. The van der Waals surface area contributed by atoms with Gasteiger partial charge in [-0.2, -0.15) is 0 Å². The van der Waals surface area contributed by atoms with Crippen LogP contribution in [0.2, 0.25) is 0 Å². The summed E-state index contributed by atoms with van der Waals surface area (Å²) in [5, 5.41) is 19.2. The molecule has 1 unspecified atom stereocenters. The molecule has 0 radical (unpaired) electrons. The maximum atomic E-state index is 10.5. The molecule has 0 spiro atoms. The van der Waals surface area contributed by atoms with Crippen molar-refractivity contribution in [3.05, 3.63) is 50.8 Å². The van der Waals surface area contributed by atoms with Gasteiger partial charge in [-0.3, -0.25) is 4.99 Å². The van der Waals surface area contributed by atoms with E-state index < -0.39 is 6.10 Å². The van der Waals surface area contributed by atoms with E-state index in [1.807, 2.05) is 26.0 Å². The third-order valence-corrected chi connectivity index (χ3v) is 6.45. The number of hydrogen-bond acceptors (Lipinski definition) is 5. The molecule has 8 heteroatoms. The largest absolute Gasteiger partial charge is 0.386 e. The van der Waals surface area contributed by atoms with E-state index in [1.165, 1.54) is 15.0 Å². The molecule has 0 fully saturated rings. The fraction of sp³-hybridized carbons (Fsp3) is 0.368. The first-order valence-corrected chi connectivity index (χ1v) is 10.2. The van der Waals surface area contributed by atoms with Crippen LogP contribution < -0.4 is 10.6 Å². The number of nitrogens with one attached hydrogen (secondary N) is 2. The van der Waals surface area contributed by atoms with Crippen LogP contribution in [0, 0.1) is 13.8 Å². The van der Waals surface area contributed by atoms with Crippen LogP contribution in [-0.4, -0.2) is 36.2 Å². The topological polar surface area (TPSA) is 69.5 Å². The number of aliphatic hydroxyl groups is 1. The molecule has 0 bridgehead atoms. The van der Waals surface area contributed by atoms with E-state index in [9.17, 15) is 5.11 Å². The van der Waals surface area contributed by atoms with E-state index in [0.717, 1.165) is 28.5 Å². The molecule has 146 valence electrons. The number of nitrogens with zero attached hydrogens (tertiary/aromatic N) is 2. The summed E-state index contributed by atoms with van der Waals surface area (Å²) in [6.45, 7) is 5.28. The lowest BCUT2D eigenvalue weighted by atomic mass is 10.2. The van der Waals surface area contributed by atoms with E-state index >= 15 is 0 Å². The van der Waals surface area contributed by atoms with Gasteiger partial charge in [0.1, 0.15) is 6.10 Å². The second-order valence-electron chi connectivity index (χ2n) is 6.07. The van der Waals surface area contributed by atoms with Crippen molar-refractivity contribution in [1.82, 2.24) is 15.6 Å². The lowest BCUT2D eigenvalue weighted by Gasteiger charge is -2.14. The van der Waals surface area contributed by atoms with Gasteiger partial charge in [0.2, 0.25) is 0 Å². The summed E-state index contributed by atoms with van der Waals surface area (Å²) >= 11 is 3.37. The molecular weight excluding hydrogens is 491 g/mol. The Morgan fingerprint density at radius 3 is 2.67 bits per heavy atom. The zero-order chi connectivity index (χ0) is 18.5. The van der Waals surface area contributed by atoms with E-state index in [4.69, 9.17) is 0 Å². The van der Waals surface area contributed by atoms with Gasteiger partial charge in [0.05, 0.1) is 10.7 Å². The highest BCUT2D eigenvalue weighted by atomic mass is 127. The van der Waals surface area contributed by atoms with Gasteiger partial charge in [0.15, 0.2) is 5.96 Å². The Kier molecular flexibility index (Phi) is 8.46. The molecule has 0 amide bonds. The maximum absolute atomic E-state index is 10.5. The Labute approximate surface area is 185 Å². The first-order chi connectivity index (χ1) is 12.6. The molecule has 3 N–H and O–H groups in total. The molecule has 3 aromatic rings. The average Bonchev–Trinajstić information content (AvgIpc) is 3.20. The van der Waals surface area contributed by atoms with E-state index in [2.05, 4.69) is 38.8 Å². The summed E-state index contributed by atoms with van der Waals surface area (Å²) in [6, 6.07) is 10.2. The molecule has 5 nitrogen and oxygen atoms in total. The Bertz CT molecular complexity index is 873. The second kappa shape index (κ2) is 10.4. The van der Waals surface area contributed by atoms with E-state index in [0.29, 0.717) is 12.5 Å². The number of aromatic nitrogens is 1. The predicted octanol–water partition coefficient (Wildman–Crippen LogP) is 4.03. The summed E-state index contributed by atoms with van der Waals surface area (Å²) in [6.07, 6.45) is 0.356. The first-order valence-electron chi connectivity index (χ1n) is 8.61. The fourth-order valence-corrected chi connectivity index (χ4v) is 4.77. The maximum Gasteiger partial charge on any atom is 0.191 e. The molecule has 1 atom stereocenters. The first kappa shape index (κ1) is 22.1. The molecule has 2 aromatic heterocycles. The molecule has 1 aromatic carbocycles. The molecule has 0 saturated carbocycles. The van der Waals surface area contributed by atoms with Crippen molar-refractivity contribution in [2.24, 2.45) is 4.99 Å². The molecule has 0 aliphatic carbocycles. The van der Waals surface area contributed by atoms with Crippen LogP contribution in [0.1, 0.15) is 26.6 Å². The number of fused-ring (bicyclic) bond motifs is 1. The molecule has 0 aliphatic heterocycles. The molecule has 3 rings (SSSR count). The number of rotatable bonds is 6. The molecule has 0 aliphatic rings. The van der Waals surface area contributed by atoms with Crippen LogP contribution in [0.3, 0.4) is 0 Å². The number of guanidine groups is 1. The van der Waals surface area contributed by atoms with Crippen LogP contribution in [0.25, 0.3) is 10.1 Å². The van der Waals surface area contributed by atoms with Crippen LogP contribution in [0.5, 0.6) is 0 Å². The van der Waals surface area contributed by atoms with Gasteiger partial charge in [0, 0.05) is 41.0 Å². The van der Waals surface area contributed by atoms with Crippen molar-refractivity contribution in [3.63, 3.8) is 0 Å². The van der Waals surface area contributed by atoms with Crippen LogP contribution in [-0.2, 0) is 6.42 Å².